The van der Waals surface area contributed by atoms with Crippen LogP contribution in [0.5, 0.6) is 0 Å². The molecular weight excluding hydrogens is 296 g/mol. The van der Waals surface area contributed by atoms with E-state index in [1.54, 1.807) is 4.90 Å². The van der Waals surface area contributed by atoms with Gasteiger partial charge in [0.25, 0.3) is 11.8 Å². The molecule has 2 heterocycles. The van der Waals surface area contributed by atoms with Crippen LogP contribution in [0.4, 0.5) is 5.69 Å². The average molecular weight is 316 g/mol. The van der Waals surface area contributed by atoms with Gasteiger partial charge in [0, 0.05) is 38.3 Å². The van der Waals surface area contributed by atoms with E-state index >= 15 is 0 Å². The Morgan fingerprint density at radius 2 is 1.78 bits per heavy atom. The van der Waals surface area contributed by atoms with Crippen LogP contribution in [0.3, 0.4) is 0 Å². The Bertz CT molecular complexity index is 622. The molecule has 2 aliphatic heterocycles. The van der Waals surface area contributed by atoms with Crippen LogP contribution in [-0.4, -0.2) is 48.8 Å². The molecule has 0 aliphatic carbocycles. The van der Waals surface area contributed by atoms with Gasteiger partial charge in [-0.3, -0.25) is 25.2 Å². The zero-order valence-electron chi connectivity index (χ0n) is 13.0. The largest absolute Gasteiger partial charge is 0.368 e. The number of hydrogen-bond acceptors (Lipinski definition) is 4. The molecule has 7 heteroatoms. The van der Waals surface area contributed by atoms with Gasteiger partial charge in [-0.1, -0.05) is 12.1 Å². The minimum atomic E-state index is -0.905. The van der Waals surface area contributed by atoms with Crippen molar-refractivity contribution in [2.75, 3.05) is 31.1 Å². The number of piperazine rings is 1. The molecule has 2 saturated heterocycles. The number of hydrogen-bond donors (Lipinski definition) is 2. The molecule has 1 aromatic rings. The lowest BCUT2D eigenvalue weighted by Gasteiger charge is -2.36. The van der Waals surface area contributed by atoms with Gasteiger partial charge in [-0.05, 0) is 24.6 Å². The Labute approximate surface area is 134 Å². The number of carbonyl (C=O) groups is 3. The quantitative estimate of drug-likeness (QED) is 0.758. The van der Waals surface area contributed by atoms with Crippen molar-refractivity contribution in [3.8, 4) is 0 Å². The third kappa shape index (κ3) is 3.28. The first-order chi connectivity index (χ1) is 11.0. The van der Waals surface area contributed by atoms with Gasteiger partial charge in [0.15, 0.2) is 0 Å². The number of amides is 3. The molecule has 0 bridgehead atoms. The van der Waals surface area contributed by atoms with Crippen LogP contribution in [0.1, 0.15) is 12.0 Å². The molecule has 0 unspecified atom stereocenters. The highest BCUT2D eigenvalue weighted by atomic mass is 16.2. The van der Waals surface area contributed by atoms with Crippen molar-refractivity contribution in [2.45, 2.75) is 13.3 Å². The molecule has 1 aromatic carbocycles. The molecule has 0 aromatic heterocycles. The number of aryl methyl sites for hydroxylation is 1. The Morgan fingerprint density at radius 3 is 2.39 bits per heavy atom. The fraction of sp³-hybridized carbons (Fsp3) is 0.438. The van der Waals surface area contributed by atoms with Gasteiger partial charge in [-0.15, -0.1) is 0 Å². The summed E-state index contributed by atoms with van der Waals surface area (Å²) in [4.78, 5) is 39.3. The van der Waals surface area contributed by atoms with Gasteiger partial charge in [0.05, 0.1) is 0 Å². The molecule has 0 saturated carbocycles. The topological polar surface area (TPSA) is 81.8 Å². The summed E-state index contributed by atoms with van der Waals surface area (Å²) in [6, 6.07) is 8.28. The fourth-order valence-corrected chi connectivity index (χ4v) is 2.94. The number of hydrazine groups is 1. The van der Waals surface area contributed by atoms with Crippen molar-refractivity contribution in [3.63, 3.8) is 0 Å². The summed E-state index contributed by atoms with van der Waals surface area (Å²) in [6.45, 7) is 4.75. The number of nitrogens with zero attached hydrogens (tertiary/aromatic N) is 2. The number of anilines is 1. The predicted molar refractivity (Wildman–Crippen MR) is 84.4 cm³/mol. The first kappa shape index (κ1) is 15.3. The van der Waals surface area contributed by atoms with Gasteiger partial charge < -0.3 is 9.80 Å². The van der Waals surface area contributed by atoms with E-state index < -0.39 is 17.7 Å². The number of carbonyl (C=O) groups excluding carboxylic acids is 3. The Balaban J connectivity index is 1.55. The van der Waals surface area contributed by atoms with Crippen LogP contribution in [0.25, 0.3) is 0 Å². The molecule has 2 aliphatic rings. The van der Waals surface area contributed by atoms with E-state index in [2.05, 4.69) is 40.9 Å². The fourth-order valence-electron chi connectivity index (χ4n) is 2.94. The van der Waals surface area contributed by atoms with E-state index in [1.165, 1.54) is 5.56 Å². The third-order valence-corrected chi connectivity index (χ3v) is 4.32. The van der Waals surface area contributed by atoms with Crippen LogP contribution in [0.2, 0.25) is 0 Å². The second kappa shape index (κ2) is 6.28. The van der Waals surface area contributed by atoms with E-state index in [4.69, 9.17) is 0 Å². The van der Waals surface area contributed by atoms with Crippen molar-refractivity contribution in [3.05, 3.63) is 29.8 Å². The average Bonchev–Trinajstić information content (AvgIpc) is 2.87. The third-order valence-electron chi connectivity index (χ3n) is 4.32. The van der Waals surface area contributed by atoms with Crippen LogP contribution < -0.4 is 15.8 Å². The summed E-state index contributed by atoms with van der Waals surface area (Å²) >= 11 is 0. The van der Waals surface area contributed by atoms with Crippen molar-refractivity contribution in [1.82, 2.24) is 15.8 Å². The second-order valence-electron chi connectivity index (χ2n) is 5.94. The van der Waals surface area contributed by atoms with Crippen LogP contribution >= 0.6 is 0 Å². The van der Waals surface area contributed by atoms with Gasteiger partial charge in [0.2, 0.25) is 5.91 Å². The molecule has 0 atom stereocenters. The molecule has 7 nitrogen and oxygen atoms in total. The zero-order valence-corrected chi connectivity index (χ0v) is 13.0. The highest BCUT2D eigenvalue weighted by Gasteiger charge is 2.36. The predicted octanol–water partition coefficient (Wildman–Crippen LogP) is -0.189. The Morgan fingerprint density at radius 1 is 1.13 bits per heavy atom. The molecule has 2 fully saturated rings. The summed E-state index contributed by atoms with van der Waals surface area (Å²) in [7, 11) is 0. The van der Waals surface area contributed by atoms with E-state index in [9.17, 15) is 14.4 Å². The second-order valence-corrected chi connectivity index (χ2v) is 5.94. The molecule has 23 heavy (non-hydrogen) atoms. The lowest BCUT2D eigenvalue weighted by Crippen LogP contribution is -2.49. The monoisotopic (exact) mass is 316 g/mol. The molecule has 0 spiro atoms. The summed E-state index contributed by atoms with van der Waals surface area (Å²) in [5.74, 6) is -1.91. The maximum Gasteiger partial charge on any atom is 0.251 e. The first-order valence-corrected chi connectivity index (χ1v) is 7.74. The minimum Gasteiger partial charge on any atom is -0.368 e. The summed E-state index contributed by atoms with van der Waals surface area (Å²) in [6.07, 6.45) is -0.0673. The van der Waals surface area contributed by atoms with Crippen LogP contribution in [0, 0.1) is 12.8 Å². The molecule has 0 radical (unpaired) electrons. The lowest BCUT2D eigenvalue weighted by molar-refractivity contribution is -0.138. The summed E-state index contributed by atoms with van der Waals surface area (Å²) in [5, 5.41) is 0. The first-order valence-electron chi connectivity index (χ1n) is 7.74. The summed E-state index contributed by atoms with van der Waals surface area (Å²) in [5.41, 5.74) is 6.85. The van der Waals surface area contributed by atoms with Crippen molar-refractivity contribution in [2.24, 2.45) is 5.92 Å². The smallest absolute Gasteiger partial charge is 0.251 e. The van der Waals surface area contributed by atoms with Gasteiger partial charge in [0.1, 0.15) is 5.92 Å². The minimum absolute atomic E-state index is 0.0673. The highest BCUT2D eigenvalue weighted by Crippen LogP contribution is 2.19. The normalized spacial score (nSPS) is 18.8. The van der Waals surface area contributed by atoms with Crippen molar-refractivity contribution in [1.29, 1.82) is 0 Å². The molecule has 122 valence electrons. The maximum atomic E-state index is 12.3. The van der Waals surface area contributed by atoms with Crippen molar-refractivity contribution >= 4 is 23.4 Å². The van der Waals surface area contributed by atoms with Crippen LogP contribution in [-0.2, 0) is 14.4 Å². The number of benzene rings is 1. The van der Waals surface area contributed by atoms with E-state index in [0.717, 1.165) is 18.8 Å². The molecule has 3 rings (SSSR count). The summed E-state index contributed by atoms with van der Waals surface area (Å²) < 4.78 is 0. The van der Waals surface area contributed by atoms with Gasteiger partial charge in [-0.2, -0.15) is 0 Å². The molecule has 2 N–H and O–H groups in total. The highest BCUT2D eigenvalue weighted by molar-refractivity contribution is 6.07. The van der Waals surface area contributed by atoms with Gasteiger partial charge in [-0.25, -0.2) is 0 Å². The SMILES string of the molecule is Cc1cccc(N2CCN(C(=O)CC3C(=O)NNC3=O)CC2)c1. The lowest BCUT2D eigenvalue weighted by atomic mass is 10.0. The standard InChI is InChI=1S/C16H20N4O3/c1-11-3-2-4-12(9-11)19-5-7-20(8-6-19)14(21)10-13-15(22)17-18-16(13)23/h2-4,9,13H,5-8,10H2,1H3,(H,17,22)(H,18,23). The number of nitrogens with one attached hydrogen (secondary N) is 2. The number of rotatable bonds is 3. The zero-order chi connectivity index (χ0) is 16.4. The molecule has 3 amide bonds. The maximum absolute atomic E-state index is 12.3. The molecular formula is C16H20N4O3. The Hall–Kier alpha value is -2.57. The van der Waals surface area contributed by atoms with Gasteiger partial charge >= 0.3 is 0 Å². The van der Waals surface area contributed by atoms with Crippen LogP contribution in [0.15, 0.2) is 24.3 Å². The van der Waals surface area contributed by atoms with E-state index in [1.807, 2.05) is 6.07 Å². The Kier molecular flexibility index (Phi) is 4.18. The van der Waals surface area contributed by atoms with E-state index in [-0.39, 0.29) is 12.3 Å². The van der Waals surface area contributed by atoms with Crippen molar-refractivity contribution < 1.29 is 14.4 Å². The van der Waals surface area contributed by atoms with E-state index in [0.29, 0.717) is 13.1 Å².